The zero-order valence-electron chi connectivity index (χ0n) is 44.4. The minimum absolute atomic E-state index is 0.0740. The van der Waals surface area contributed by atoms with Gasteiger partial charge in [-0.1, -0.05) is 176 Å². The highest BCUT2D eigenvalue weighted by molar-refractivity contribution is 6.15. The molecule has 0 N–H and O–H groups in total. The maximum atomic E-state index is 6.87. The highest BCUT2D eigenvalue weighted by atomic mass is 16.5. The zero-order chi connectivity index (χ0) is 54.3. The molecule has 2 atom stereocenters. The molecule has 16 aromatic rings. The molecule has 18 rings (SSSR count). The molecule has 6 heterocycles. The molecule has 11 aromatic carbocycles. The molecule has 0 radical (unpaired) electrons. The van der Waals surface area contributed by atoms with E-state index >= 15 is 0 Å². The van der Waals surface area contributed by atoms with Crippen molar-refractivity contribution in [3.63, 3.8) is 0 Å². The van der Waals surface area contributed by atoms with Crippen LogP contribution in [0.15, 0.2) is 270 Å². The number of aromatic nitrogens is 5. The fourth-order valence-electron chi connectivity index (χ4n) is 13.3. The molecule has 0 spiro atoms. The number of nitrogens with zero attached hydrogens (tertiary/aromatic N) is 5. The van der Waals surface area contributed by atoms with Gasteiger partial charge in [0.05, 0.1) is 22.1 Å². The fraction of sp³-hybridized carbons (Fsp3) is 0.0267. The lowest BCUT2D eigenvalue weighted by Crippen LogP contribution is -2.18. The summed E-state index contributed by atoms with van der Waals surface area (Å²) in [5, 5.41) is 8.99. The van der Waals surface area contributed by atoms with Crippen LogP contribution in [-0.2, 0) is 0 Å². The molecule has 1 aliphatic heterocycles. The molecule has 5 aromatic heterocycles. The normalized spacial score (nSPS) is 14.9. The lowest BCUT2D eigenvalue weighted by molar-refractivity contribution is 0.269. The van der Waals surface area contributed by atoms with Gasteiger partial charge in [0.15, 0.2) is 17.5 Å². The second-order valence-electron chi connectivity index (χ2n) is 21.8. The Labute approximate surface area is 474 Å². The minimum Gasteiger partial charge on any atom is -0.485 e. The van der Waals surface area contributed by atoms with E-state index in [1.807, 2.05) is 54.6 Å². The SMILES string of the molecule is C1=CC2c3ccc(-c4nc(-c5ccccc5)nc(-c5cccc6oc7ccc(-c8ccc9c(c8)c8ccccc8n9-c8ccc(-c9cccc%10c9oc9ccccc9%10)cc8)cc7c56)n4)cc3OC2C=C1n1c2ccccc2c2ccccc21. The average Bonchev–Trinajstić information content (AvgIpc) is 3.33. The number of para-hydroxylation sites is 5. The molecular formula is C75H45N5O3. The molecule has 83 heavy (non-hydrogen) atoms. The Morgan fingerprint density at radius 1 is 0.361 bits per heavy atom. The van der Waals surface area contributed by atoms with E-state index in [9.17, 15) is 0 Å². The summed E-state index contributed by atoms with van der Waals surface area (Å²) in [6.07, 6.45) is 6.62. The molecule has 388 valence electrons. The second-order valence-corrected chi connectivity index (χ2v) is 21.8. The van der Waals surface area contributed by atoms with E-state index in [4.69, 9.17) is 28.5 Å². The molecule has 8 nitrogen and oxygen atoms in total. The van der Waals surface area contributed by atoms with Crippen LogP contribution in [0.2, 0.25) is 0 Å². The third kappa shape index (κ3) is 7.03. The highest BCUT2D eigenvalue weighted by Gasteiger charge is 2.35. The van der Waals surface area contributed by atoms with Gasteiger partial charge in [-0.15, -0.1) is 0 Å². The van der Waals surface area contributed by atoms with Gasteiger partial charge in [0, 0.05) is 88.2 Å². The highest BCUT2D eigenvalue weighted by Crippen LogP contribution is 2.47. The number of hydrogen-bond acceptors (Lipinski definition) is 6. The van der Waals surface area contributed by atoms with Crippen LogP contribution >= 0.6 is 0 Å². The van der Waals surface area contributed by atoms with Crippen LogP contribution in [0.25, 0.3) is 155 Å². The summed E-state index contributed by atoms with van der Waals surface area (Å²) in [5.41, 5.74) is 18.2. The van der Waals surface area contributed by atoms with Crippen molar-refractivity contribution in [2.45, 2.75) is 12.0 Å². The number of allylic oxidation sites excluding steroid dienone is 2. The van der Waals surface area contributed by atoms with Gasteiger partial charge in [-0.05, 0) is 102 Å². The maximum absolute atomic E-state index is 6.87. The molecule has 2 unspecified atom stereocenters. The van der Waals surface area contributed by atoms with Gasteiger partial charge >= 0.3 is 0 Å². The Kier molecular flexibility index (Phi) is 9.76. The van der Waals surface area contributed by atoms with Crippen molar-refractivity contribution >= 4 is 93.2 Å². The van der Waals surface area contributed by atoms with Gasteiger partial charge in [-0.3, -0.25) is 0 Å². The van der Waals surface area contributed by atoms with E-state index in [1.54, 1.807) is 0 Å². The Hall–Kier alpha value is -11.1. The van der Waals surface area contributed by atoms with Crippen LogP contribution in [0.4, 0.5) is 0 Å². The topological polar surface area (TPSA) is 84.0 Å². The van der Waals surface area contributed by atoms with E-state index in [-0.39, 0.29) is 12.0 Å². The Bertz CT molecular complexity index is 5390. The van der Waals surface area contributed by atoms with E-state index in [0.29, 0.717) is 17.5 Å². The fourth-order valence-corrected chi connectivity index (χ4v) is 13.3. The van der Waals surface area contributed by atoms with Crippen LogP contribution in [-0.4, -0.2) is 30.2 Å². The van der Waals surface area contributed by atoms with Crippen LogP contribution in [0.5, 0.6) is 5.75 Å². The third-order valence-electron chi connectivity index (χ3n) is 17.1. The van der Waals surface area contributed by atoms with Crippen LogP contribution in [0.1, 0.15) is 11.5 Å². The number of furan rings is 2. The first kappa shape index (κ1) is 45.7. The average molecular weight is 1060 g/mol. The van der Waals surface area contributed by atoms with Crippen molar-refractivity contribution in [1.82, 2.24) is 24.1 Å². The first-order valence-electron chi connectivity index (χ1n) is 28.1. The summed E-state index contributed by atoms with van der Waals surface area (Å²) in [6.45, 7) is 0. The molecule has 0 amide bonds. The summed E-state index contributed by atoms with van der Waals surface area (Å²) in [5.74, 6) is 2.59. The molecule has 2 aliphatic rings. The van der Waals surface area contributed by atoms with Gasteiger partial charge in [0.25, 0.3) is 0 Å². The largest absolute Gasteiger partial charge is 0.485 e. The zero-order valence-corrected chi connectivity index (χ0v) is 44.4. The summed E-state index contributed by atoms with van der Waals surface area (Å²) >= 11 is 0. The summed E-state index contributed by atoms with van der Waals surface area (Å²) in [6, 6.07) is 85.3. The minimum atomic E-state index is -0.172. The standard InChI is InChI=1S/C75H45N5O3/c1-2-14-45(15-3-1)73-76-74(48-30-36-56-57-37-35-50(43-70(57)82-69(56)42-48)80-62-23-8-4-16-52(62)53-17-5-9-24-63(53)80)78-75(77-73)59-22-13-27-68-71(59)61-41-47(32-39-67(61)81-68)46-31-38-65-60(40-46)54-18-6-10-25-64(54)79(65)49-33-28-44(29-34-49)51-20-12-21-58-55-19-7-11-26-66(55)83-72(51)58/h1-43,57,70H. The van der Waals surface area contributed by atoms with Crippen molar-refractivity contribution in [2.24, 2.45) is 0 Å². The monoisotopic (exact) mass is 1060 g/mol. The predicted molar refractivity (Wildman–Crippen MR) is 336 cm³/mol. The van der Waals surface area contributed by atoms with Crippen LogP contribution < -0.4 is 4.74 Å². The van der Waals surface area contributed by atoms with Crippen molar-refractivity contribution in [1.29, 1.82) is 0 Å². The van der Waals surface area contributed by atoms with E-state index in [1.165, 1.54) is 32.6 Å². The Morgan fingerprint density at radius 2 is 0.940 bits per heavy atom. The van der Waals surface area contributed by atoms with E-state index in [0.717, 1.165) is 117 Å². The predicted octanol–water partition coefficient (Wildman–Crippen LogP) is 19.2. The molecule has 8 heteroatoms. The first-order valence-corrected chi connectivity index (χ1v) is 28.1. The van der Waals surface area contributed by atoms with Crippen molar-refractivity contribution in [3.8, 4) is 67.9 Å². The van der Waals surface area contributed by atoms with Gasteiger partial charge < -0.3 is 22.7 Å². The van der Waals surface area contributed by atoms with Crippen molar-refractivity contribution in [2.75, 3.05) is 0 Å². The molecule has 0 bridgehead atoms. The number of benzene rings is 11. The van der Waals surface area contributed by atoms with Gasteiger partial charge in [0.2, 0.25) is 0 Å². The summed E-state index contributed by atoms with van der Waals surface area (Å²) in [4.78, 5) is 15.7. The second kappa shape index (κ2) is 17.7. The molecule has 0 fully saturated rings. The molecule has 0 saturated heterocycles. The molecular weight excluding hydrogens is 1020 g/mol. The Morgan fingerprint density at radius 3 is 1.73 bits per heavy atom. The number of hydrogen-bond donors (Lipinski definition) is 0. The summed E-state index contributed by atoms with van der Waals surface area (Å²) in [7, 11) is 0. The molecule has 0 saturated carbocycles. The van der Waals surface area contributed by atoms with Crippen molar-refractivity contribution < 1.29 is 13.6 Å². The third-order valence-corrected chi connectivity index (χ3v) is 17.1. The lowest BCUT2D eigenvalue weighted by Gasteiger charge is -2.20. The van der Waals surface area contributed by atoms with E-state index in [2.05, 4.69) is 215 Å². The van der Waals surface area contributed by atoms with Crippen molar-refractivity contribution in [3.05, 3.63) is 266 Å². The Balaban J connectivity index is 0.708. The van der Waals surface area contributed by atoms with Gasteiger partial charge in [-0.2, -0.15) is 0 Å². The maximum Gasteiger partial charge on any atom is 0.164 e. The van der Waals surface area contributed by atoms with Gasteiger partial charge in [-0.25, -0.2) is 15.0 Å². The van der Waals surface area contributed by atoms with Crippen LogP contribution in [0.3, 0.4) is 0 Å². The van der Waals surface area contributed by atoms with Gasteiger partial charge in [0.1, 0.15) is 34.2 Å². The smallest absolute Gasteiger partial charge is 0.164 e. The van der Waals surface area contributed by atoms with E-state index < -0.39 is 0 Å². The lowest BCUT2D eigenvalue weighted by atomic mass is 9.90. The first-order chi connectivity index (χ1) is 41.1. The summed E-state index contributed by atoms with van der Waals surface area (Å²) < 4.78 is 24.7. The number of rotatable bonds is 7. The quantitative estimate of drug-likeness (QED) is 0.158. The molecule has 1 aliphatic carbocycles. The number of fused-ring (bicyclic) bond motifs is 15. The van der Waals surface area contributed by atoms with Crippen LogP contribution in [0, 0.1) is 0 Å². The number of ether oxygens (including phenoxy) is 1.